The molecule has 0 heterocycles. The second kappa shape index (κ2) is 5.06. The van der Waals surface area contributed by atoms with Crippen molar-refractivity contribution in [2.24, 2.45) is 5.14 Å². The van der Waals surface area contributed by atoms with Gasteiger partial charge in [0.15, 0.2) is 0 Å². The Balaban J connectivity index is 2.36. The fourth-order valence-electron chi connectivity index (χ4n) is 1.63. The van der Waals surface area contributed by atoms with Gasteiger partial charge in [-0.3, -0.25) is 0 Å². The van der Waals surface area contributed by atoms with Crippen molar-refractivity contribution in [2.45, 2.75) is 4.90 Å². The second-order valence-corrected chi connectivity index (χ2v) is 5.58. The fourth-order valence-corrected chi connectivity index (χ4v) is 2.28. The van der Waals surface area contributed by atoms with Crippen molar-refractivity contribution >= 4 is 27.1 Å². The van der Waals surface area contributed by atoms with Crippen LogP contribution in [0.5, 0.6) is 0 Å². The van der Waals surface area contributed by atoms with Gasteiger partial charge in [0, 0.05) is 11.8 Å². The molecule has 0 aliphatic heterocycles. The van der Waals surface area contributed by atoms with E-state index in [1.165, 1.54) is 18.2 Å². The molecule has 2 aromatic carbocycles. The average molecular weight is 299 g/mol. The fraction of sp³-hybridized carbons (Fsp3) is 0. The van der Waals surface area contributed by atoms with Gasteiger partial charge in [-0.25, -0.2) is 22.3 Å². The minimum absolute atomic E-state index is 0.0886. The van der Waals surface area contributed by atoms with Crippen molar-refractivity contribution in [3.05, 3.63) is 48.0 Å². The van der Waals surface area contributed by atoms with Crippen LogP contribution in [0.15, 0.2) is 41.3 Å². The molecule has 5 N–H and O–H groups in total. The molecule has 0 aliphatic rings. The highest BCUT2D eigenvalue weighted by molar-refractivity contribution is 7.89. The number of nitrogen functional groups attached to an aromatic ring is 1. The summed E-state index contributed by atoms with van der Waals surface area (Å²) in [7, 11) is -3.92. The second-order valence-electron chi connectivity index (χ2n) is 4.05. The minimum Gasteiger partial charge on any atom is -0.398 e. The summed E-state index contributed by atoms with van der Waals surface area (Å²) in [5, 5.41) is 7.57. The van der Waals surface area contributed by atoms with E-state index in [-0.39, 0.29) is 16.3 Å². The van der Waals surface area contributed by atoms with Gasteiger partial charge in [0.05, 0.1) is 11.4 Å². The molecule has 5 nitrogen and oxygen atoms in total. The summed E-state index contributed by atoms with van der Waals surface area (Å²) in [5.74, 6) is -1.26. The maximum Gasteiger partial charge on any atom is 0.240 e. The molecule has 2 aromatic rings. The smallest absolute Gasteiger partial charge is 0.240 e. The van der Waals surface area contributed by atoms with Crippen LogP contribution in [0.25, 0.3) is 0 Å². The molecule has 0 aliphatic carbocycles. The lowest BCUT2D eigenvalue weighted by atomic mass is 10.2. The normalized spacial score (nSPS) is 11.3. The Morgan fingerprint density at radius 1 is 1.05 bits per heavy atom. The number of rotatable bonds is 3. The zero-order valence-corrected chi connectivity index (χ0v) is 10.9. The van der Waals surface area contributed by atoms with Crippen molar-refractivity contribution in [1.82, 2.24) is 0 Å². The Morgan fingerprint density at radius 3 is 2.35 bits per heavy atom. The van der Waals surface area contributed by atoms with Gasteiger partial charge in [-0.15, -0.1) is 0 Å². The number of hydrogen-bond donors (Lipinski definition) is 3. The SMILES string of the molecule is Nc1cc(Nc2cc(F)ccc2F)ccc1S(N)(=O)=O. The first-order valence-corrected chi connectivity index (χ1v) is 6.96. The van der Waals surface area contributed by atoms with Crippen molar-refractivity contribution in [1.29, 1.82) is 0 Å². The van der Waals surface area contributed by atoms with Crippen LogP contribution in [-0.4, -0.2) is 8.42 Å². The zero-order chi connectivity index (χ0) is 14.9. The van der Waals surface area contributed by atoms with E-state index >= 15 is 0 Å². The molecule has 0 atom stereocenters. The molecule has 20 heavy (non-hydrogen) atoms. The number of anilines is 3. The van der Waals surface area contributed by atoms with E-state index in [9.17, 15) is 17.2 Å². The standard InChI is InChI=1S/C12H11F2N3O2S/c13-7-1-3-9(14)11(5-7)17-8-2-4-12(10(15)6-8)20(16,18)19/h1-6,17H,15H2,(H2,16,18,19). The highest BCUT2D eigenvalue weighted by atomic mass is 32.2. The van der Waals surface area contributed by atoms with Gasteiger partial charge in [0.2, 0.25) is 10.0 Å². The summed E-state index contributed by atoms with van der Waals surface area (Å²) < 4.78 is 48.9. The van der Waals surface area contributed by atoms with Crippen LogP contribution in [0.2, 0.25) is 0 Å². The maximum atomic E-state index is 13.4. The Hall–Kier alpha value is -2.19. The number of nitrogens with one attached hydrogen (secondary N) is 1. The number of sulfonamides is 1. The highest BCUT2D eigenvalue weighted by Gasteiger charge is 2.13. The third kappa shape index (κ3) is 3.03. The first-order chi connectivity index (χ1) is 9.27. The molecule has 0 radical (unpaired) electrons. The van der Waals surface area contributed by atoms with Crippen LogP contribution in [0, 0.1) is 11.6 Å². The molecule has 0 fully saturated rings. The van der Waals surface area contributed by atoms with E-state index in [1.807, 2.05) is 0 Å². The minimum atomic E-state index is -3.92. The van der Waals surface area contributed by atoms with Gasteiger partial charge < -0.3 is 11.1 Å². The first-order valence-electron chi connectivity index (χ1n) is 5.42. The number of benzene rings is 2. The molecule has 0 unspecified atom stereocenters. The molecule has 0 aromatic heterocycles. The molecule has 0 amide bonds. The Bertz CT molecular complexity index is 763. The van der Waals surface area contributed by atoms with E-state index in [2.05, 4.69) is 5.32 Å². The topological polar surface area (TPSA) is 98.2 Å². The predicted molar refractivity (Wildman–Crippen MR) is 71.9 cm³/mol. The van der Waals surface area contributed by atoms with Crippen LogP contribution >= 0.6 is 0 Å². The molecular formula is C12H11F2N3O2S. The molecule has 106 valence electrons. The summed E-state index contributed by atoms with van der Waals surface area (Å²) in [6, 6.07) is 6.73. The van der Waals surface area contributed by atoms with Gasteiger partial charge in [0.1, 0.15) is 16.5 Å². The molecule has 0 saturated heterocycles. The summed E-state index contributed by atoms with van der Waals surface area (Å²) >= 11 is 0. The van der Waals surface area contributed by atoms with E-state index in [0.717, 1.165) is 18.2 Å². The van der Waals surface area contributed by atoms with E-state index in [4.69, 9.17) is 10.9 Å². The lowest BCUT2D eigenvalue weighted by Crippen LogP contribution is -2.14. The lowest BCUT2D eigenvalue weighted by Gasteiger charge is -2.10. The molecule has 2 rings (SSSR count). The van der Waals surface area contributed by atoms with Gasteiger partial charge in [-0.2, -0.15) is 0 Å². The maximum absolute atomic E-state index is 13.4. The third-order valence-electron chi connectivity index (χ3n) is 2.52. The monoisotopic (exact) mass is 299 g/mol. The Kier molecular flexibility index (Phi) is 3.60. The summed E-state index contributed by atoms with van der Waals surface area (Å²) in [5.41, 5.74) is 5.69. The predicted octanol–water partition coefficient (Wildman–Crippen LogP) is 1.94. The molecule has 8 heteroatoms. The number of hydrogen-bond acceptors (Lipinski definition) is 4. The van der Waals surface area contributed by atoms with Crippen molar-refractivity contribution in [3.8, 4) is 0 Å². The molecule has 0 bridgehead atoms. The quantitative estimate of drug-likeness (QED) is 0.754. The van der Waals surface area contributed by atoms with Crippen LogP contribution in [0.4, 0.5) is 25.8 Å². The Morgan fingerprint density at radius 2 is 1.75 bits per heavy atom. The number of primary sulfonamides is 1. The largest absolute Gasteiger partial charge is 0.398 e. The van der Waals surface area contributed by atoms with E-state index in [0.29, 0.717) is 5.69 Å². The van der Waals surface area contributed by atoms with Crippen LogP contribution < -0.4 is 16.2 Å². The van der Waals surface area contributed by atoms with Gasteiger partial charge in [-0.1, -0.05) is 0 Å². The summed E-state index contributed by atoms with van der Waals surface area (Å²) in [6.45, 7) is 0. The van der Waals surface area contributed by atoms with Gasteiger partial charge >= 0.3 is 0 Å². The molecule has 0 saturated carbocycles. The van der Waals surface area contributed by atoms with E-state index in [1.54, 1.807) is 0 Å². The zero-order valence-electron chi connectivity index (χ0n) is 10.1. The summed E-state index contributed by atoms with van der Waals surface area (Å²) in [4.78, 5) is -0.234. The molecular weight excluding hydrogens is 288 g/mol. The van der Waals surface area contributed by atoms with Crippen molar-refractivity contribution < 1.29 is 17.2 Å². The Labute approximate surface area is 114 Å². The van der Waals surface area contributed by atoms with Gasteiger partial charge in [0.25, 0.3) is 0 Å². The lowest BCUT2D eigenvalue weighted by molar-refractivity contribution is 0.598. The van der Waals surface area contributed by atoms with Crippen LogP contribution in [0.3, 0.4) is 0 Å². The third-order valence-corrected chi connectivity index (χ3v) is 3.51. The number of halogens is 2. The van der Waals surface area contributed by atoms with Crippen molar-refractivity contribution in [3.63, 3.8) is 0 Å². The van der Waals surface area contributed by atoms with E-state index < -0.39 is 21.7 Å². The van der Waals surface area contributed by atoms with Crippen LogP contribution in [-0.2, 0) is 10.0 Å². The highest BCUT2D eigenvalue weighted by Crippen LogP contribution is 2.25. The average Bonchev–Trinajstić information content (AvgIpc) is 2.32. The molecule has 0 spiro atoms. The number of nitrogens with two attached hydrogens (primary N) is 2. The first kappa shape index (κ1) is 14.2. The van der Waals surface area contributed by atoms with Crippen LogP contribution in [0.1, 0.15) is 0 Å². The van der Waals surface area contributed by atoms with Crippen molar-refractivity contribution in [2.75, 3.05) is 11.1 Å². The summed E-state index contributed by atoms with van der Waals surface area (Å²) in [6.07, 6.45) is 0. The van der Waals surface area contributed by atoms with Gasteiger partial charge in [-0.05, 0) is 30.3 Å².